The molecule has 0 aromatic heterocycles. The minimum Gasteiger partial charge on any atom is -0.404 e. The van der Waals surface area contributed by atoms with Crippen molar-refractivity contribution in [1.82, 2.24) is 0 Å². The molecule has 12 heteroatoms. The molecule has 7 aliphatic rings. The molecule has 11 rings (SSSR count). The molecule has 0 spiro atoms. The van der Waals surface area contributed by atoms with Gasteiger partial charge in [0.05, 0.1) is 52.0 Å². The Morgan fingerprint density at radius 2 is 1.01 bits per heavy atom. The third kappa shape index (κ3) is 12.3. The van der Waals surface area contributed by atoms with E-state index in [1.807, 2.05) is 48.5 Å². The van der Waals surface area contributed by atoms with Gasteiger partial charge in [0.1, 0.15) is 25.2 Å². The van der Waals surface area contributed by atoms with E-state index in [0.29, 0.717) is 58.5 Å². The van der Waals surface area contributed by atoms with Gasteiger partial charge in [0, 0.05) is 44.9 Å². The summed E-state index contributed by atoms with van der Waals surface area (Å²) in [5.41, 5.74) is 0.836. The number of rotatable bonds is 15. The van der Waals surface area contributed by atoms with Gasteiger partial charge in [0.2, 0.25) is 0 Å². The van der Waals surface area contributed by atoms with E-state index in [9.17, 15) is 28.6 Å². The van der Waals surface area contributed by atoms with Gasteiger partial charge in [0.15, 0.2) is 0 Å². The van der Waals surface area contributed by atoms with E-state index in [4.69, 9.17) is 26.1 Å². The predicted octanol–water partition coefficient (Wildman–Crippen LogP) is 14.7. The molecule has 16 atom stereocenters. The smallest absolute Gasteiger partial charge is 0.256 e. The van der Waals surface area contributed by atoms with E-state index in [2.05, 4.69) is 128 Å². The average molecular weight is 1180 g/mol. The number of carbonyl (C=O) groups excluding carboxylic acids is 2. The van der Waals surface area contributed by atoms with Crippen molar-refractivity contribution in [3.63, 3.8) is 0 Å². The molecule has 4 aromatic rings. The number of hydrogen-bond acceptors (Lipinski definition) is 9. The van der Waals surface area contributed by atoms with Crippen LogP contribution in [-0.2, 0) is 46.2 Å². The summed E-state index contributed by atoms with van der Waals surface area (Å²) in [7, 11) is 0.884. The summed E-state index contributed by atoms with van der Waals surface area (Å²) in [6.45, 7) is 19.8. The molecule has 1 aliphatic heterocycles. The number of alkyl halides is 2. The molecule has 0 amide bonds. The van der Waals surface area contributed by atoms with E-state index in [1.54, 1.807) is 0 Å². The van der Waals surface area contributed by atoms with Gasteiger partial charge >= 0.3 is 0 Å². The van der Waals surface area contributed by atoms with Crippen LogP contribution in [-0.4, -0.2) is 89.1 Å². The second-order valence-corrected chi connectivity index (χ2v) is 30.1. The Labute approximate surface area is 508 Å². The monoisotopic (exact) mass is 1180 g/mol. The zero-order valence-corrected chi connectivity index (χ0v) is 54.1. The van der Waals surface area contributed by atoms with E-state index < -0.39 is 19.8 Å². The highest BCUT2D eigenvalue weighted by atomic mass is 28.4. The summed E-state index contributed by atoms with van der Waals surface area (Å²) in [6, 6.07) is 43.6. The minimum absolute atomic E-state index is 0.0139. The van der Waals surface area contributed by atoms with E-state index in [-0.39, 0.29) is 101 Å². The highest BCUT2D eigenvalue weighted by molar-refractivity contribution is 6.97. The van der Waals surface area contributed by atoms with Gasteiger partial charge in [0.25, 0.3) is 8.32 Å². The third-order valence-corrected chi connectivity index (χ3v) is 27.6. The number of ketones is 2. The summed E-state index contributed by atoms with van der Waals surface area (Å²) in [5.74, 6) is 1.33. The number of benzene rings is 4. The van der Waals surface area contributed by atoms with Crippen molar-refractivity contribution in [3.05, 3.63) is 132 Å². The van der Waals surface area contributed by atoms with Crippen LogP contribution in [0.1, 0.15) is 161 Å². The Hall–Kier alpha value is -3.98. The molecule has 2 N–H and O–H groups in total. The second-order valence-electron chi connectivity index (χ2n) is 26.6. The van der Waals surface area contributed by atoms with Crippen LogP contribution in [0.15, 0.2) is 121 Å². The van der Waals surface area contributed by atoms with Crippen LogP contribution >= 0.6 is 0 Å². The average Bonchev–Trinajstić information content (AvgIpc) is 1.24. The zero-order valence-electron chi connectivity index (χ0n) is 55.1. The van der Waals surface area contributed by atoms with Crippen LogP contribution in [0, 0.1) is 68.0 Å². The van der Waals surface area contributed by atoms with Gasteiger partial charge in [-0.15, -0.1) is 0 Å². The first kappa shape index (κ1) is 66.0. The molecular formula is C72H106F2O9Si. The van der Waals surface area contributed by atoms with Crippen molar-refractivity contribution in [3.8, 4) is 0 Å². The van der Waals surface area contributed by atoms with Crippen LogP contribution in [0.4, 0.5) is 8.78 Å². The summed E-state index contributed by atoms with van der Waals surface area (Å²) < 4.78 is 63.9. The quantitative estimate of drug-likeness (QED) is 0.0681. The molecule has 2 unspecified atom stereocenters. The Bertz CT molecular complexity index is 2640. The van der Waals surface area contributed by atoms with Gasteiger partial charge in [-0.2, -0.15) is 0 Å². The molecule has 7 fully saturated rings. The van der Waals surface area contributed by atoms with Crippen molar-refractivity contribution in [1.29, 1.82) is 0 Å². The summed E-state index contributed by atoms with van der Waals surface area (Å²) in [6.07, 6.45) is 9.55. The first-order chi connectivity index (χ1) is 41.5. The standard InChI is InChI=1S/C40H50O4Si.C28H42O5.2CH3F.2CH4/c1-5-38(3)25-35-39(4)31(27-45(44-35,32-17-11-7-12-18-32)33-19-13-8-14-20-33)21-23-40(24-22-34(41)36(39)40)29(2)37(38)43-28-42-26-30-15-9-6-10-16-30;1-5-26(3)15-23(31)27(4)21(16-29)11-13-28(14-12-22(30)24(27)28)19(2)25(26)33-18-32-17-20-9-7-6-8-10-20;2*1-2;;/h6-20,29,31,35-37H,5,21-28H2,1-4H3;6-10,19,21,23-25,29,31H,5,11-18H2,1-4H3;2*1H3;2*1H4/t29-,31-,35+,36?,37-,38+,39-,40-;19-,21-,23+,24?,25-,26+,27-,28-;;;;/m00..../s1/i;;;;2*1D. The lowest BCUT2D eigenvalue weighted by Crippen LogP contribution is -2.74. The van der Waals surface area contributed by atoms with Gasteiger partial charge < -0.3 is 33.6 Å². The number of halogens is 2. The molecule has 466 valence electrons. The number of carbonyl (C=O) groups is 2. The highest BCUT2D eigenvalue weighted by Crippen LogP contribution is 2.71. The summed E-state index contributed by atoms with van der Waals surface area (Å²) >= 11 is 0. The van der Waals surface area contributed by atoms with E-state index in [1.165, 1.54) is 25.2 Å². The topological polar surface area (TPSA) is 121 Å². The van der Waals surface area contributed by atoms with Crippen molar-refractivity contribution < 1.29 is 54.7 Å². The molecular weight excluding hydrogens is 1070 g/mol. The molecule has 84 heavy (non-hydrogen) atoms. The number of aliphatic hydroxyl groups is 2. The molecule has 4 aromatic carbocycles. The number of ether oxygens (including phenoxy) is 4. The first-order valence-electron chi connectivity index (χ1n) is 32.8. The lowest BCUT2D eigenvalue weighted by molar-refractivity contribution is -0.231. The normalized spacial score (nSPS) is 37.0. The maximum absolute atomic E-state index is 14.2. The van der Waals surface area contributed by atoms with Gasteiger partial charge in [-0.25, -0.2) is 0 Å². The maximum Gasteiger partial charge on any atom is 0.256 e. The number of aliphatic hydroxyl groups excluding tert-OH is 2. The Kier molecular flexibility index (Phi) is 22.7. The Balaban J connectivity index is 0.000000256. The van der Waals surface area contributed by atoms with Gasteiger partial charge in [-0.05, 0) is 137 Å². The lowest BCUT2D eigenvalue weighted by Gasteiger charge is -2.67. The maximum atomic E-state index is 14.2. The highest BCUT2D eigenvalue weighted by Gasteiger charge is 2.72. The minimum atomic E-state index is -2.62. The molecule has 6 saturated carbocycles. The third-order valence-electron chi connectivity index (χ3n) is 23.3. The first-order valence-corrected chi connectivity index (χ1v) is 33.0. The lowest BCUT2D eigenvalue weighted by atomic mass is 9.43. The van der Waals surface area contributed by atoms with Crippen molar-refractivity contribution >= 4 is 30.3 Å². The molecule has 6 aliphatic carbocycles. The Morgan fingerprint density at radius 3 is 1.44 bits per heavy atom. The zero-order chi connectivity index (χ0) is 63.1. The SMILES string of the molecule is CC[C@]1(C)C[C@@H](O)[C@@]2(C)C3C(=O)CC[C@@]3(CC[C@H]2CO)[C@@H](C)[C@@H]1OCOCc1ccccc1.CC[C@]1(C)C[C@H]2O[Si](c3ccccc3)(c3ccccc3)C[C@@H]3CC[C@]4(CCC(=O)C4[C@@]32C)[C@@H](C)[C@@H]1OCOCc1ccccc1.CF.CF.[2H]C.[2H]C. The molecule has 1 heterocycles. The number of Topliss-reactive ketones (excluding diaryl/α,β-unsaturated/α-hetero) is 2. The van der Waals surface area contributed by atoms with Crippen molar-refractivity contribution in [2.24, 2.45) is 68.0 Å². The molecule has 0 radical (unpaired) electrons. The fraction of sp³-hybridized carbons (Fsp3) is 0.639. The fourth-order valence-electron chi connectivity index (χ4n) is 18.5. The van der Waals surface area contributed by atoms with Gasteiger partial charge in [-0.3, -0.25) is 18.4 Å². The fourth-order valence-corrected chi connectivity index (χ4v) is 23.3. The van der Waals surface area contributed by atoms with Gasteiger partial charge in [-0.1, -0.05) is 192 Å². The molecule has 4 bridgehead atoms. The van der Waals surface area contributed by atoms with E-state index >= 15 is 0 Å². The van der Waals surface area contributed by atoms with Crippen LogP contribution in [0.2, 0.25) is 6.04 Å². The largest absolute Gasteiger partial charge is 0.404 e. The van der Waals surface area contributed by atoms with Crippen molar-refractivity contribution in [2.45, 2.75) is 191 Å². The predicted molar refractivity (Wildman–Crippen MR) is 336 cm³/mol. The van der Waals surface area contributed by atoms with E-state index in [0.717, 1.165) is 75.0 Å². The van der Waals surface area contributed by atoms with Crippen LogP contribution < -0.4 is 10.4 Å². The van der Waals surface area contributed by atoms with Crippen LogP contribution in [0.25, 0.3) is 0 Å². The van der Waals surface area contributed by atoms with Crippen LogP contribution in [0.5, 0.6) is 0 Å². The molecule has 9 nitrogen and oxygen atoms in total. The van der Waals surface area contributed by atoms with Crippen molar-refractivity contribution in [2.75, 3.05) is 34.5 Å². The Morgan fingerprint density at radius 1 is 0.607 bits per heavy atom. The summed E-state index contributed by atoms with van der Waals surface area (Å²) in [4.78, 5) is 27.5. The summed E-state index contributed by atoms with van der Waals surface area (Å²) in [5, 5.41) is 24.6. The second kappa shape index (κ2) is 28.9. The number of hydrogen-bond donors (Lipinski definition) is 2. The molecule has 1 saturated heterocycles. The van der Waals surface area contributed by atoms with Crippen LogP contribution in [0.3, 0.4) is 0 Å².